The Morgan fingerprint density at radius 2 is 1.54 bits per heavy atom. The number of rotatable bonds is 5. The summed E-state index contributed by atoms with van der Waals surface area (Å²) in [6, 6.07) is 21.1. The van der Waals surface area contributed by atoms with E-state index in [4.69, 9.17) is 0 Å². The maximum absolute atomic E-state index is 13.7. The predicted octanol–water partition coefficient (Wildman–Crippen LogP) is 4.61. The molecule has 0 aromatic heterocycles. The summed E-state index contributed by atoms with van der Waals surface area (Å²) in [4.78, 5) is 15.8. The number of hydrogen-bond donors (Lipinski definition) is 1. The summed E-state index contributed by atoms with van der Waals surface area (Å²) >= 11 is 0. The lowest BCUT2D eigenvalue weighted by atomic mass is 9.62. The molecule has 1 saturated carbocycles. The molecule has 28 heavy (non-hydrogen) atoms. The van der Waals surface area contributed by atoms with Gasteiger partial charge in [0.05, 0.1) is 5.41 Å². The molecule has 3 heteroatoms. The first-order valence-corrected chi connectivity index (χ1v) is 10.7. The molecule has 0 bridgehead atoms. The minimum atomic E-state index is -0.330. The van der Waals surface area contributed by atoms with Crippen molar-refractivity contribution in [1.29, 1.82) is 0 Å². The molecular weight excluding hydrogens is 346 g/mol. The molecule has 1 spiro atoms. The van der Waals surface area contributed by atoms with Gasteiger partial charge in [-0.05, 0) is 42.7 Å². The van der Waals surface area contributed by atoms with Gasteiger partial charge in [0.25, 0.3) is 0 Å². The Bertz CT molecular complexity index is 732. The number of amides is 1. The highest BCUT2D eigenvalue weighted by Gasteiger charge is 2.50. The zero-order valence-corrected chi connectivity index (χ0v) is 16.6. The van der Waals surface area contributed by atoms with Crippen molar-refractivity contribution in [3.8, 4) is 0 Å². The van der Waals surface area contributed by atoms with Crippen LogP contribution < -0.4 is 0 Å². The highest BCUT2D eigenvalue weighted by atomic mass is 16.3. The number of aliphatic hydroxyl groups is 1. The van der Waals surface area contributed by atoms with Crippen molar-refractivity contribution < 1.29 is 9.90 Å². The summed E-state index contributed by atoms with van der Waals surface area (Å²) in [6.45, 7) is 1.68. The fourth-order valence-electron chi connectivity index (χ4n) is 5.47. The molecule has 148 valence electrons. The van der Waals surface area contributed by atoms with Crippen LogP contribution in [0.4, 0.5) is 0 Å². The molecule has 0 unspecified atom stereocenters. The Morgan fingerprint density at radius 3 is 2.14 bits per heavy atom. The number of likely N-dealkylation sites (tertiary alicyclic amines) is 1. The van der Waals surface area contributed by atoms with Gasteiger partial charge in [-0.25, -0.2) is 0 Å². The SMILES string of the molecule is O=C1N(CC(c2ccccc2)c2ccccc2)CCC[C@@]12CCCC[C@H]2CO. The van der Waals surface area contributed by atoms with Crippen LogP contribution >= 0.6 is 0 Å². The highest BCUT2D eigenvalue weighted by molar-refractivity contribution is 5.84. The molecule has 2 aliphatic rings. The van der Waals surface area contributed by atoms with Crippen LogP contribution in [0.1, 0.15) is 55.6 Å². The maximum Gasteiger partial charge on any atom is 0.229 e. The Hall–Kier alpha value is -2.13. The fourth-order valence-corrected chi connectivity index (χ4v) is 5.47. The minimum absolute atomic E-state index is 0.128. The molecule has 1 saturated heterocycles. The number of aliphatic hydroxyl groups excluding tert-OH is 1. The van der Waals surface area contributed by atoms with E-state index in [1.165, 1.54) is 11.1 Å². The summed E-state index contributed by atoms with van der Waals surface area (Å²) < 4.78 is 0. The number of piperidine rings is 1. The van der Waals surface area contributed by atoms with Gasteiger partial charge in [-0.2, -0.15) is 0 Å². The Kier molecular flexibility index (Phi) is 5.82. The predicted molar refractivity (Wildman–Crippen MR) is 112 cm³/mol. The van der Waals surface area contributed by atoms with E-state index in [1.54, 1.807) is 0 Å². The highest BCUT2D eigenvalue weighted by Crippen LogP contribution is 2.48. The van der Waals surface area contributed by atoms with Gasteiger partial charge in [0, 0.05) is 25.6 Å². The van der Waals surface area contributed by atoms with Crippen LogP contribution in [0, 0.1) is 11.3 Å². The van der Waals surface area contributed by atoms with Crippen molar-refractivity contribution in [3.63, 3.8) is 0 Å². The van der Waals surface area contributed by atoms with Gasteiger partial charge in [-0.3, -0.25) is 4.79 Å². The number of benzene rings is 2. The van der Waals surface area contributed by atoms with Crippen molar-refractivity contribution in [2.24, 2.45) is 11.3 Å². The quantitative estimate of drug-likeness (QED) is 0.827. The first-order chi connectivity index (χ1) is 13.7. The summed E-state index contributed by atoms with van der Waals surface area (Å²) in [6.07, 6.45) is 6.15. The van der Waals surface area contributed by atoms with Crippen molar-refractivity contribution in [3.05, 3.63) is 71.8 Å². The van der Waals surface area contributed by atoms with Crippen molar-refractivity contribution in [2.75, 3.05) is 19.7 Å². The number of hydrogen-bond acceptors (Lipinski definition) is 2. The van der Waals surface area contributed by atoms with Gasteiger partial charge in [-0.15, -0.1) is 0 Å². The monoisotopic (exact) mass is 377 g/mol. The van der Waals surface area contributed by atoms with E-state index in [1.807, 2.05) is 12.1 Å². The average Bonchev–Trinajstić information content (AvgIpc) is 2.76. The standard InChI is InChI=1S/C25H31NO2/c27-19-22-14-7-8-15-25(22)16-9-17-26(24(25)28)18-23(20-10-3-1-4-11-20)21-12-5-2-6-13-21/h1-6,10-13,22-23,27H,7-9,14-19H2/t22-,25+/m0/s1. The van der Waals surface area contributed by atoms with E-state index < -0.39 is 0 Å². The van der Waals surface area contributed by atoms with Crippen LogP contribution in [0.25, 0.3) is 0 Å². The van der Waals surface area contributed by atoms with Gasteiger partial charge in [0.1, 0.15) is 0 Å². The molecular formula is C25H31NO2. The Balaban J connectivity index is 1.62. The second-order valence-corrected chi connectivity index (χ2v) is 8.51. The zero-order valence-electron chi connectivity index (χ0n) is 16.6. The third-order valence-electron chi connectivity index (χ3n) is 7.00. The van der Waals surface area contributed by atoms with Gasteiger partial charge in [0.2, 0.25) is 5.91 Å². The molecule has 1 aliphatic carbocycles. The molecule has 2 fully saturated rings. The lowest BCUT2D eigenvalue weighted by Gasteiger charge is -2.49. The van der Waals surface area contributed by atoms with Crippen LogP contribution in [0.3, 0.4) is 0 Å². The lowest BCUT2D eigenvalue weighted by molar-refractivity contribution is -0.155. The topological polar surface area (TPSA) is 40.5 Å². The number of nitrogens with zero attached hydrogens (tertiary/aromatic N) is 1. The molecule has 1 N–H and O–H groups in total. The van der Waals surface area contributed by atoms with E-state index in [0.29, 0.717) is 6.54 Å². The van der Waals surface area contributed by atoms with Gasteiger partial charge in [0.15, 0.2) is 0 Å². The van der Waals surface area contributed by atoms with Gasteiger partial charge >= 0.3 is 0 Å². The summed E-state index contributed by atoms with van der Waals surface area (Å²) in [5.41, 5.74) is 2.18. The lowest BCUT2D eigenvalue weighted by Crippen LogP contribution is -2.55. The molecule has 2 aromatic rings. The second kappa shape index (κ2) is 8.48. The average molecular weight is 378 g/mol. The molecule has 1 amide bonds. The third kappa shape index (κ3) is 3.60. The molecule has 1 aliphatic heterocycles. The van der Waals surface area contributed by atoms with E-state index in [0.717, 1.165) is 45.1 Å². The summed E-state index contributed by atoms with van der Waals surface area (Å²) in [5, 5.41) is 9.98. The molecule has 4 rings (SSSR count). The number of carbonyl (C=O) groups is 1. The zero-order chi connectivity index (χ0) is 19.4. The Labute approximate surface area is 168 Å². The van der Waals surface area contributed by atoms with E-state index in [-0.39, 0.29) is 29.8 Å². The summed E-state index contributed by atoms with van der Waals surface area (Å²) in [5.74, 6) is 0.593. The van der Waals surface area contributed by atoms with Crippen LogP contribution in [0.15, 0.2) is 60.7 Å². The molecule has 1 heterocycles. The normalized spacial score (nSPS) is 25.4. The van der Waals surface area contributed by atoms with E-state index in [9.17, 15) is 9.90 Å². The first-order valence-electron chi connectivity index (χ1n) is 10.7. The molecule has 0 radical (unpaired) electrons. The fraction of sp³-hybridized carbons (Fsp3) is 0.480. The van der Waals surface area contributed by atoms with Crippen molar-refractivity contribution in [2.45, 2.75) is 44.4 Å². The smallest absolute Gasteiger partial charge is 0.229 e. The maximum atomic E-state index is 13.7. The van der Waals surface area contributed by atoms with Crippen LogP contribution in [0.2, 0.25) is 0 Å². The van der Waals surface area contributed by atoms with E-state index in [2.05, 4.69) is 53.4 Å². The van der Waals surface area contributed by atoms with Gasteiger partial charge < -0.3 is 10.0 Å². The van der Waals surface area contributed by atoms with Crippen molar-refractivity contribution in [1.82, 2.24) is 4.90 Å². The third-order valence-corrected chi connectivity index (χ3v) is 7.00. The largest absolute Gasteiger partial charge is 0.396 e. The minimum Gasteiger partial charge on any atom is -0.396 e. The van der Waals surface area contributed by atoms with Crippen LogP contribution in [-0.2, 0) is 4.79 Å². The molecule has 2 aromatic carbocycles. The molecule has 3 nitrogen and oxygen atoms in total. The van der Waals surface area contributed by atoms with Crippen LogP contribution in [0.5, 0.6) is 0 Å². The summed E-state index contributed by atoms with van der Waals surface area (Å²) in [7, 11) is 0. The van der Waals surface area contributed by atoms with E-state index >= 15 is 0 Å². The Morgan fingerprint density at radius 1 is 0.929 bits per heavy atom. The van der Waals surface area contributed by atoms with Crippen LogP contribution in [-0.4, -0.2) is 35.6 Å². The van der Waals surface area contributed by atoms with Gasteiger partial charge in [-0.1, -0.05) is 73.5 Å². The number of carbonyl (C=O) groups excluding carboxylic acids is 1. The molecule has 2 atom stereocenters. The first kappa shape index (κ1) is 19.2. The van der Waals surface area contributed by atoms with Crippen molar-refractivity contribution >= 4 is 5.91 Å². The second-order valence-electron chi connectivity index (χ2n) is 8.51.